The fourth-order valence-electron chi connectivity index (χ4n) is 1.69. The second kappa shape index (κ2) is 7.23. The molecule has 0 aliphatic rings. The molecule has 1 aromatic rings. The van der Waals surface area contributed by atoms with Crippen molar-refractivity contribution in [1.82, 2.24) is 0 Å². The van der Waals surface area contributed by atoms with Gasteiger partial charge in [0, 0.05) is 4.88 Å². The van der Waals surface area contributed by atoms with Gasteiger partial charge in [-0.2, -0.15) is 0 Å². The molecule has 0 saturated carbocycles. The van der Waals surface area contributed by atoms with Crippen molar-refractivity contribution in [3.05, 3.63) is 35.0 Å². The highest BCUT2D eigenvalue weighted by Crippen LogP contribution is 2.18. The first-order valence-corrected chi connectivity index (χ1v) is 6.48. The van der Waals surface area contributed by atoms with Gasteiger partial charge in [-0.25, -0.2) is 0 Å². The van der Waals surface area contributed by atoms with Gasteiger partial charge in [-0.05, 0) is 43.6 Å². The zero-order chi connectivity index (χ0) is 11.8. The molecule has 0 unspecified atom stereocenters. The largest absolute Gasteiger partial charge is 0.481 e. The number of hydrogen-bond donors (Lipinski definition) is 1. The molecule has 0 aliphatic heterocycles. The molecule has 88 valence electrons. The van der Waals surface area contributed by atoms with Crippen LogP contribution in [0.4, 0.5) is 0 Å². The van der Waals surface area contributed by atoms with Crippen LogP contribution in [0.5, 0.6) is 0 Å². The molecule has 3 heteroatoms. The number of thiophene rings is 1. The van der Waals surface area contributed by atoms with E-state index in [0.29, 0.717) is 6.42 Å². The Bertz CT molecular complexity index is 317. The molecule has 1 N–H and O–H groups in total. The molecule has 0 fully saturated rings. The van der Waals surface area contributed by atoms with E-state index in [-0.39, 0.29) is 5.92 Å². The molecule has 2 nitrogen and oxygen atoms in total. The Hall–Kier alpha value is -1.09. The molecule has 1 rings (SSSR count). The van der Waals surface area contributed by atoms with Crippen LogP contribution in [0.3, 0.4) is 0 Å². The van der Waals surface area contributed by atoms with Crippen molar-refractivity contribution in [3.8, 4) is 0 Å². The van der Waals surface area contributed by atoms with Crippen LogP contribution in [0.2, 0.25) is 0 Å². The number of carboxylic acid groups (broad SMARTS) is 1. The van der Waals surface area contributed by atoms with Gasteiger partial charge in [0.05, 0.1) is 5.92 Å². The normalized spacial score (nSPS) is 12.2. The van der Waals surface area contributed by atoms with Crippen LogP contribution in [0, 0.1) is 5.92 Å². The summed E-state index contributed by atoms with van der Waals surface area (Å²) in [5.41, 5.74) is 0. The van der Waals surface area contributed by atoms with Gasteiger partial charge < -0.3 is 5.11 Å². The minimum absolute atomic E-state index is 0.210. The second-order valence-electron chi connectivity index (χ2n) is 3.87. The SMILES string of the molecule is C=CCC[C@H](CCCc1cccs1)C(=O)O. The summed E-state index contributed by atoms with van der Waals surface area (Å²) < 4.78 is 0. The van der Waals surface area contributed by atoms with E-state index in [1.807, 2.05) is 6.07 Å². The van der Waals surface area contributed by atoms with E-state index in [4.69, 9.17) is 5.11 Å². The van der Waals surface area contributed by atoms with Gasteiger partial charge in [-0.3, -0.25) is 4.79 Å². The number of aryl methyl sites for hydroxylation is 1. The van der Waals surface area contributed by atoms with Gasteiger partial charge >= 0.3 is 5.97 Å². The summed E-state index contributed by atoms with van der Waals surface area (Å²) in [5.74, 6) is -0.883. The molecule has 16 heavy (non-hydrogen) atoms. The molecule has 0 saturated heterocycles. The maximum absolute atomic E-state index is 11.0. The molecule has 1 atom stereocenters. The van der Waals surface area contributed by atoms with Crippen molar-refractivity contribution >= 4 is 17.3 Å². The van der Waals surface area contributed by atoms with Gasteiger partial charge in [0.2, 0.25) is 0 Å². The summed E-state index contributed by atoms with van der Waals surface area (Å²) in [4.78, 5) is 12.3. The summed E-state index contributed by atoms with van der Waals surface area (Å²) >= 11 is 1.74. The number of allylic oxidation sites excluding steroid dienone is 1. The van der Waals surface area contributed by atoms with E-state index in [1.54, 1.807) is 17.4 Å². The summed E-state index contributed by atoms with van der Waals surface area (Å²) in [5, 5.41) is 11.1. The van der Waals surface area contributed by atoms with Gasteiger partial charge in [0.1, 0.15) is 0 Å². The number of carbonyl (C=O) groups is 1. The van der Waals surface area contributed by atoms with Crippen LogP contribution in [0.25, 0.3) is 0 Å². The second-order valence-corrected chi connectivity index (χ2v) is 4.91. The van der Waals surface area contributed by atoms with E-state index in [0.717, 1.165) is 25.7 Å². The van der Waals surface area contributed by atoms with Gasteiger partial charge in [-0.15, -0.1) is 17.9 Å². The van der Waals surface area contributed by atoms with Gasteiger partial charge in [0.15, 0.2) is 0 Å². The van der Waals surface area contributed by atoms with Gasteiger partial charge in [-0.1, -0.05) is 12.1 Å². The van der Waals surface area contributed by atoms with Crippen LogP contribution >= 0.6 is 11.3 Å². The molecule has 1 heterocycles. The molecule has 0 bridgehead atoms. The summed E-state index contributed by atoms with van der Waals surface area (Å²) in [7, 11) is 0. The fraction of sp³-hybridized carbons (Fsp3) is 0.462. The van der Waals surface area contributed by atoms with E-state index in [1.165, 1.54) is 4.88 Å². The predicted molar refractivity (Wildman–Crippen MR) is 67.8 cm³/mol. The Kier molecular flexibility index (Phi) is 5.86. The monoisotopic (exact) mass is 238 g/mol. The first-order valence-electron chi connectivity index (χ1n) is 5.60. The highest BCUT2D eigenvalue weighted by molar-refractivity contribution is 7.09. The van der Waals surface area contributed by atoms with Crippen molar-refractivity contribution in [2.24, 2.45) is 5.92 Å². The number of aliphatic carboxylic acids is 1. The van der Waals surface area contributed by atoms with Crippen molar-refractivity contribution in [2.75, 3.05) is 0 Å². The van der Waals surface area contributed by atoms with Crippen molar-refractivity contribution in [1.29, 1.82) is 0 Å². The highest BCUT2D eigenvalue weighted by Gasteiger charge is 2.15. The minimum Gasteiger partial charge on any atom is -0.481 e. The zero-order valence-corrected chi connectivity index (χ0v) is 10.2. The van der Waals surface area contributed by atoms with Crippen molar-refractivity contribution < 1.29 is 9.90 Å². The van der Waals surface area contributed by atoms with E-state index in [2.05, 4.69) is 18.0 Å². The lowest BCUT2D eigenvalue weighted by Gasteiger charge is -2.10. The molecule has 1 aromatic heterocycles. The summed E-state index contributed by atoms with van der Waals surface area (Å²) in [6.07, 6.45) is 6.00. The van der Waals surface area contributed by atoms with E-state index in [9.17, 15) is 4.79 Å². The minimum atomic E-state index is -0.673. The topological polar surface area (TPSA) is 37.3 Å². The van der Waals surface area contributed by atoms with Crippen molar-refractivity contribution in [3.63, 3.8) is 0 Å². The Balaban J connectivity index is 2.26. The van der Waals surface area contributed by atoms with Gasteiger partial charge in [0.25, 0.3) is 0 Å². The highest BCUT2D eigenvalue weighted by atomic mass is 32.1. The molecule has 0 radical (unpaired) electrons. The standard InChI is InChI=1S/C13H18O2S/c1-2-3-6-11(13(14)15)7-4-8-12-9-5-10-16-12/h2,5,9-11H,1,3-4,6-8H2,(H,14,15)/t11-/m1/s1. The first kappa shape index (κ1) is 13.0. The van der Waals surface area contributed by atoms with Crippen molar-refractivity contribution in [2.45, 2.75) is 32.1 Å². The molecule has 0 aromatic carbocycles. The Morgan fingerprint density at radius 2 is 2.38 bits per heavy atom. The van der Waals surface area contributed by atoms with E-state index < -0.39 is 5.97 Å². The summed E-state index contributed by atoms with van der Waals surface area (Å²) in [6.45, 7) is 3.62. The lowest BCUT2D eigenvalue weighted by atomic mass is 9.96. The number of hydrogen-bond acceptors (Lipinski definition) is 2. The molecular weight excluding hydrogens is 220 g/mol. The Morgan fingerprint density at radius 1 is 1.56 bits per heavy atom. The van der Waals surface area contributed by atoms with E-state index >= 15 is 0 Å². The number of carboxylic acids is 1. The first-order chi connectivity index (χ1) is 7.74. The van der Waals surface area contributed by atoms with Crippen LogP contribution in [-0.4, -0.2) is 11.1 Å². The Labute approximate surface area is 101 Å². The average molecular weight is 238 g/mol. The maximum atomic E-state index is 11.0. The quantitative estimate of drug-likeness (QED) is 0.700. The smallest absolute Gasteiger partial charge is 0.306 e. The third kappa shape index (κ3) is 4.62. The number of rotatable bonds is 8. The fourth-order valence-corrected chi connectivity index (χ4v) is 2.44. The third-order valence-electron chi connectivity index (χ3n) is 2.62. The lowest BCUT2D eigenvalue weighted by molar-refractivity contribution is -0.142. The molecule has 0 amide bonds. The molecule has 0 spiro atoms. The average Bonchev–Trinajstić information content (AvgIpc) is 2.75. The maximum Gasteiger partial charge on any atom is 0.306 e. The lowest BCUT2D eigenvalue weighted by Crippen LogP contribution is -2.13. The Morgan fingerprint density at radius 3 is 2.94 bits per heavy atom. The molecule has 0 aliphatic carbocycles. The zero-order valence-electron chi connectivity index (χ0n) is 9.39. The van der Waals surface area contributed by atoms with Crippen LogP contribution in [0.1, 0.15) is 30.6 Å². The molecular formula is C13H18O2S. The van der Waals surface area contributed by atoms with Crippen LogP contribution in [0.15, 0.2) is 30.2 Å². The van der Waals surface area contributed by atoms with Crippen LogP contribution in [-0.2, 0) is 11.2 Å². The summed E-state index contributed by atoms with van der Waals surface area (Å²) in [6, 6.07) is 4.14. The predicted octanol–water partition coefficient (Wildman–Crippen LogP) is 3.74. The van der Waals surface area contributed by atoms with Crippen LogP contribution < -0.4 is 0 Å². The third-order valence-corrected chi connectivity index (χ3v) is 3.56.